The molecule has 2 N–H and O–H groups in total. The van der Waals surface area contributed by atoms with E-state index < -0.39 is 0 Å². The van der Waals surface area contributed by atoms with Gasteiger partial charge in [-0.15, -0.1) is 0 Å². The smallest absolute Gasteiger partial charge is 0.141 e. The topological polar surface area (TPSA) is 53.6 Å². The lowest BCUT2D eigenvalue weighted by atomic mass is 10.1. The number of nitrogens with one attached hydrogen (secondary N) is 2. The molecule has 4 rings (SSSR count). The van der Waals surface area contributed by atoms with E-state index in [4.69, 9.17) is 0 Å². The molecule has 0 aliphatic rings. The summed E-state index contributed by atoms with van der Waals surface area (Å²) in [6.07, 6.45) is 3.52. The maximum atomic E-state index is 4.36. The molecule has 0 aliphatic heterocycles. The Labute approximate surface area is 129 Å². The quantitative estimate of drug-likeness (QED) is 0.553. The van der Waals surface area contributed by atoms with E-state index in [1.54, 1.807) is 6.33 Å². The molecule has 2 aromatic carbocycles. The van der Waals surface area contributed by atoms with Gasteiger partial charge in [0.05, 0.1) is 5.52 Å². The zero-order valence-electron chi connectivity index (χ0n) is 12.7. The number of para-hydroxylation sites is 1. The minimum Gasteiger partial charge on any atom is -0.361 e. The van der Waals surface area contributed by atoms with E-state index in [1.807, 2.05) is 62.5 Å². The average molecular weight is 290 g/mol. The highest BCUT2D eigenvalue weighted by Gasteiger charge is 2.06. The van der Waals surface area contributed by atoms with Gasteiger partial charge in [-0.2, -0.15) is 0 Å². The van der Waals surface area contributed by atoms with Crippen molar-refractivity contribution in [2.24, 2.45) is 0 Å². The Hall–Kier alpha value is -2.88. The fourth-order valence-electron chi connectivity index (χ4n) is 2.36. The van der Waals surface area contributed by atoms with Crippen LogP contribution in [0.15, 0.2) is 61.1 Å². The predicted octanol–water partition coefficient (Wildman–Crippen LogP) is 4.88. The van der Waals surface area contributed by atoms with Crippen LogP contribution in [-0.2, 0) is 0 Å². The van der Waals surface area contributed by atoms with Gasteiger partial charge in [0.1, 0.15) is 12.1 Å². The summed E-state index contributed by atoms with van der Waals surface area (Å²) >= 11 is 0. The monoisotopic (exact) mass is 290 g/mol. The number of benzene rings is 2. The van der Waals surface area contributed by atoms with Crippen LogP contribution >= 0.6 is 0 Å². The first-order chi connectivity index (χ1) is 10.9. The highest BCUT2D eigenvalue weighted by molar-refractivity contribution is 6.00. The van der Waals surface area contributed by atoms with Crippen molar-refractivity contribution in [1.82, 2.24) is 15.0 Å². The standard InChI is InChI=1S/C16H12N4.C2H6/c1-2-4-12(5-3-1)20-16-13-8-11-6-7-17-14(11)9-15(13)18-10-19-16;1-2/h1-10,17H,(H,18,19,20);1-2H3. The van der Waals surface area contributed by atoms with Crippen LogP contribution in [0, 0.1) is 0 Å². The summed E-state index contributed by atoms with van der Waals surface area (Å²) in [7, 11) is 0. The first-order valence-corrected chi connectivity index (χ1v) is 7.44. The lowest BCUT2D eigenvalue weighted by Gasteiger charge is -2.08. The van der Waals surface area contributed by atoms with Crippen LogP contribution in [0.3, 0.4) is 0 Å². The maximum absolute atomic E-state index is 4.36. The van der Waals surface area contributed by atoms with Crippen molar-refractivity contribution >= 4 is 33.3 Å². The van der Waals surface area contributed by atoms with Crippen molar-refractivity contribution in [3.05, 3.63) is 61.1 Å². The first kappa shape index (κ1) is 14.1. The SMILES string of the molecule is CC.c1ccc(Nc2ncnc3cc4[nH]ccc4cc23)cc1. The molecule has 0 aliphatic carbocycles. The second-order valence-corrected chi connectivity index (χ2v) is 4.65. The van der Waals surface area contributed by atoms with Gasteiger partial charge in [0.15, 0.2) is 0 Å². The summed E-state index contributed by atoms with van der Waals surface area (Å²) < 4.78 is 0. The van der Waals surface area contributed by atoms with Crippen LogP contribution in [0.4, 0.5) is 11.5 Å². The molecular formula is C18H18N4. The Bertz CT molecular complexity index is 881. The van der Waals surface area contributed by atoms with E-state index in [-0.39, 0.29) is 0 Å². The Morgan fingerprint density at radius 2 is 1.77 bits per heavy atom. The molecule has 0 bridgehead atoms. The normalized spacial score (nSPS) is 10.3. The van der Waals surface area contributed by atoms with Gasteiger partial charge in [-0.05, 0) is 30.3 Å². The lowest BCUT2D eigenvalue weighted by molar-refractivity contribution is 1.22. The van der Waals surface area contributed by atoms with Crippen LogP contribution in [-0.4, -0.2) is 15.0 Å². The van der Waals surface area contributed by atoms with E-state index in [0.29, 0.717) is 0 Å². The summed E-state index contributed by atoms with van der Waals surface area (Å²) in [4.78, 5) is 11.9. The highest BCUT2D eigenvalue weighted by atomic mass is 15.0. The second kappa shape index (κ2) is 6.26. The molecule has 22 heavy (non-hydrogen) atoms. The number of hydrogen-bond donors (Lipinski definition) is 2. The number of nitrogens with zero attached hydrogens (tertiary/aromatic N) is 2. The van der Waals surface area contributed by atoms with Crippen molar-refractivity contribution in [1.29, 1.82) is 0 Å². The largest absolute Gasteiger partial charge is 0.361 e. The van der Waals surface area contributed by atoms with E-state index in [2.05, 4.69) is 26.3 Å². The second-order valence-electron chi connectivity index (χ2n) is 4.65. The number of fused-ring (bicyclic) bond motifs is 2. The summed E-state index contributed by atoms with van der Waals surface area (Å²) in [6, 6.07) is 16.2. The summed E-state index contributed by atoms with van der Waals surface area (Å²) in [5.74, 6) is 0.823. The molecule has 0 saturated heterocycles. The molecule has 2 heterocycles. The molecule has 0 unspecified atom stereocenters. The number of H-pyrrole nitrogens is 1. The van der Waals surface area contributed by atoms with E-state index in [1.165, 1.54) is 0 Å². The number of hydrogen-bond acceptors (Lipinski definition) is 3. The van der Waals surface area contributed by atoms with Gasteiger partial charge in [-0.25, -0.2) is 9.97 Å². The van der Waals surface area contributed by atoms with E-state index >= 15 is 0 Å². The van der Waals surface area contributed by atoms with Crippen molar-refractivity contribution in [3.63, 3.8) is 0 Å². The van der Waals surface area contributed by atoms with Gasteiger partial charge in [-0.3, -0.25) is 0 Å². The molecule has 0 fully saturated rings. The van der Waals surface area contributed by atoms with Crippen molar-refractivity contribution < 1.29 is 0 Å². The summed E-state index contributed by atoms with van der Waals surface area (Å²) in [5, 5.41) is 5.52. The Balaban J connectivity index is 0.000000693. The zero-order valence-corrected chi connectivity index (χ0v) is 12.7. The van der Waals surface area contributed by atoms with Gasteiger partial charge in [0, 0.05) is 28.2 Å². The van der Waals surface area contributed by atoms with Gasteiger partial charge < -0.3 is 10.3 Å². The Kier molecular flexibility index (Phi) is 4.01. The minimum absolute atomic E-state index is 0.823. The lowest BCUT2D eigenvalue weighted by Crippen LogP contribution is -1.95. The number of rotatable bonds is 2. The summed E-state index contributed by atoms with van der Waals surface area (Å²) in [6.45, 7) is 4.00. The van der Waals surface area contributed by atoms with Gasteiger partial charge in [0.2, 0.25) is 0 Å². The van der Waals surface area contributed by atoms with E-state index in [9.17, 15) is 0 Å². The number of aromatic amines is 1. The van der Waals surface area contributed by atoms with Crippen LogP contribution < -0.4 is 5.32 Å². The minimum atomic E-state index is 0.823. The van der Waals surface area contributed by atoms with Gasteiger partial charge in [-0.1, -0.05) is 32.0 Å². The number of anilines is 2. The van der Waals surface area contributed by atoms with Crippen LogP contribution in [0.2, 0.25) is 0 Å². The molecule has 4 nitrogen and oxygen atoms in total. The third-order valence-electron chi connectivity index (χ3n) is 3.34. The molecule has 110 valence electrons. The highest BCUT2D eigenvalue weighted by Crippen LogP contribution is 2.26. The fourth-order valence-corrected chi connectivity index (χ4v) is 2.36. The van der Waals surface area contributed by atoms with E-state index in [0.717, 1.165) is 33.3 Å². The third-order valence-corrected chi connectivity index (χ3v) is 3.34. The predicted molar refractivity (Wildman–Crippen MR) is 92.5 cm³/mol. The molecule has 0 spiro atoms. The third kappa shape index (κ3) is 2.63. The van der Waals surface area contributed by atoms with Crippen LogP contribution in [0.5, 0.6) is 0 Å². The van der Waals surface area contributed by atoms with Crippen LogP contribution in [0.25, 0.3) is 21.8 Å². The van der Waals surface area contributed by atoms with Crippen LogP contribution in [0.1, 0.15) is 13.8 Å². The zero-order chi connectivity index (χ0) is 15.4. The first-order valence-electron chi connectivity index (χ1n) is 7.44. The Morgan fingerprint density at radius 1 is 0.955 bits per heavy atom. The molecular weight excluding hydrogens is 272 g/mol. The van der Waals surface area contributed by atoms with Crippen molar-refractivity contribution in [3.8, 4) is 0 Å². The van der Waals surface area contributed by atoms with Crippen molar-refractivity contribution in [2.45, 2.75) is 13.8 Å². The van der Waals surface area contributed by atoms with Gasteiger partial charge in [0.25, 0.3) is 0 Å². The Morgan fingerprint density at radius 3 is 2.59 bits per heavy atom. The number of aromatic nitrogens is 3. The maximum Gasteiger partial charge on any atom is 0.141 e. The molecule has 0 amide bonds. The average Bonchev–Trinajstić information content (AvgIpc) is 3.03. The van der Waals surface area contributed by atoms with Crippen molar-refractivity contribution in [2.75, 3.05) is 5.32 Å². The fraction of sp³-hybridized carbons (Fsp3) is 0.111. The molecule has 0 radical (unpaired) electrons. The van der Waals surface area contributed by atoms with Gasteiger partial charge >= 0.3 is 0 Å². The molecule has 4 heteroatoms. The molecule has 4 aromatic rings. The summed E-state index contributed by atoms with van der Waals surface area (Å²) in [5.41, 5.74) is 3.02. The molecule has 2 aromatic heterocycles. The molecule has 0 saturated carbocycles. The molecule has 0 atom stereocenters.